The Morgan fingerprint density at radius 2 is 1.62 bits per heavy atom. The first kappa shape index (κ1) is 19.5. The van der Waals surface area contributed by atoms with Gasteiger partial charge in [0, 0.05) is 17.7 Å². The zero-order valence-electron chi connectivity index (χ0n) is 15.7. The number of phenolic OH excluding ortho intramolecular Hbond substituents is 1. The van der Waals surface area contributed by atoms with Crippen molar-refractivity contribution in [1.29, 1.82) is 0 Å². The smallest absolute Gasteiger partial charge is 0.126 e. The quantitative estimate of drug-likeness (QED) is 0.586. The SMILES string of the molecule is CCCN=C(N)c1cccc(O)c1CCc1ccccccccc1C. The number of amidine groups is 1. The summed E-state index contributed by atoms with van der Waals surface area (Å²) in [5.41, 5.74) is 10.3. The van der Waals surface area contributed by atoms with Gasteiger partial charge >= 0.3 is 0 Å². The highest BCUT2D eigenvalue weighted by molar-refractivity contribution is 5.99. The number of phenols is 1. The van der Waals surface area contributed by atoms with Crippen LogP contribution >= 0.6 is 0 Å². The van der Waals surface area contributed by atoms with Gasteiger partial charge in [0.1, 0.15) is 11.6 Å². The summed E-state index contributed by atoms with van der Waals surface area (Å²) in [4.78, 5) is 4.40. The second-order valence-electron chi connectivity index (χ2n) is 6.27. The lowest BCUT2D eigenvalue weighted by molar-refractivity contribution is 0.467. The summed E-state index contributed by atoms with van der Waals surface area (Å²) in [5, 5.41) is 10.4. The number of rotatable bonds is 6. The molecule has 0 aliphatic carbocycles. The maximum absolute atomic E-state index is 10.4. The minimum atomic E-state index is 0.276. The average Bonchev–Trinajstić information content (AvgIpc) is 2.64. The third-order valence-electron chi connectivity index (χ3n) is 4.28. The third kappa shape index (κ3) is 5.62. The van der Waals surface area contributed by atoms with E-state index >= 15 is 0 Å². The van der Waals surface area contributed by atoms with Crippen LogP contribution in [0.15, 0.2) is 71.7 Å². The minimum absolute atomic E-state index is 0.276. The Bertz CT molecular complexity index is 811. The van der Waals surface area contributed by atoms with Crippen molar-refractivity contribution in [2.75, 3.05) is 6.54 Å². The Kier molecular flexibility index (Phi) is 7.69. The molecule has 0 saturated heterocycles. The molecule has 3 heteroatoms. The van der Waals surface area contributed by atoms with Crippen LogP contribution in [0.2, 0.25) is 0 Å². The molecule has 0 amide bonds. The van der Waals surface area contributed by atoms with Gasteiger partial charge in [0.25, 0.3) is 0 Å². The Balaban J connectivity index is 2.33. The van der Waals surface area contributed by atoms with E-state index in [1.807, 2.05) is 48.5 Å². The molecule has 0 fully saturated rings. The fraction of sp³-hybridized carbons (Fsp3) is 0.261. The van der Waals surface area contributed by atoms with E-state index in [0.29, 0.717) is 18.8 Å². The normalized spacial score (nSPS) is 11.1. The zero-order chi connectivity index (χ0) is 18.8. The third-order valence-corrected chi connectivity index (χ3v) is 4.28. The topological polar surface area (TPSA) is 58.6 Å². The molecule has 0 aromatic heterocycles. The largest absolute Gasteiger partial charge is 0.508 e. The van der Waals surface area contributed by atoms with Gasteiger partial charge < -0.3 is 10.8 Å². The lowest BCUT2D eigenvalue weighted by Crippen LogP contribution is -2.17. The highest BCUT2D eigenvalue weighted by Gasteiger charge is 2.11. The molecule has 3 N–H and O–H groups in total. The molecule has 0 aliphatic rings. The summed E-state index contributed by atoms with van der Waals surface area (Å²) >= 11 is 0. The van der Waals surface area contributed by atoms with Crippen molar-refractivity contribution in [3.8, 4) is 5.75 Å². The van der Waals surface area contributed by atoms with E-state index in [-0.39, 0.29) is 5.75 Å². The van der Waals surface area contributed by atoms with Crippen molar-refractivity contribution in [2.24, 2.45) is 10.7 Å². The lowest BCUT2D eigenvalue weighted by Gasteiger charge is -2.12. The maximum atomic E-state index is 10.4. The predicted octanol–water partition coefficient (Wildman–Crippen LogP) is 4.73. The zero-order valence-corrected chi connectivity index (χ0v) is 15.7. The first-order valence-electron chi connectivity index (χ1n) is 9.12. The van der Waals surface area contributed by atoms with Crippen molar-refractivity contribution in [3.05, 3.63) is 89.0 Å². The Labute approximate surface area is 156 Å². The van der Waals surface area contributed by atoms with E-state index in [4.69, 9.17) is 5.73 Å². The van der Waals surface area contributed by atoms with Gasteiger partial charge in [-0.05, 0) is 43.4 Å². The molecule has 2 aromatic rings. The van der Waals surface area contributed by atoms with Crippen LogP contribution < -0.4 is 5.73 Å². The first-order valence-corrected chi connectivity index (χ1v) is 9.12. The number of hydrogen-bond donors (Lipinski definition) is 2. The minimum Gasteiger partial charge on any atom is -0.508 e. The van der Waals surface area contributed by atoms with Crippen LogP contribution in [0.25, 0.3) is 0 Å². The van der Waals surface area contributed by atoms with Crippen LogP contribution in [0.4, 0.5) is 0 Å². The standard InChI is InChI=1S/C23H28N2O/c1-3-17-25-23(24)21-13-10-14-22(26)20(21)16-15-19-12-9-7-5-4-6-8-11-18(19)2/h4-14,26H,3,15-17H2,1-2H3,(H2,24,25). The lowest BCUT2D eigenvalue weighted by atomic mass is 9.97. The number of aryl methyl sites for hydroxylation is 2. The second-order valence-corrected chi connectivity index (χ2v) is 6.27. The number of nitrogens with zero attached hydrogens (tertiary/aromatic N) is 1. The van der Waals surface area contributed by atoms with Crippen LogP contribution in [0.5, 0.6) is 5.75 Å². The summed E-state index contributed by atoms with van der Waals surface area (Å²) in [6.45, 7) is 4.87. The van der Waals surface area contributed by atoms with E-state index < -0.39 is 0 Å². The Morgan fingerprint density at radius 1 is 0.923 bits per heavy atom. The van der Waals surface area contributed by atoms with Gasteiger partial charge in [-0.25, -0.2) is 0 Å². The van der Waals surface area contributed by atoms with Crippen molar-refractivity contribution in [3.63, 3.8) is 0 Å². The molecule has 136 valence electrons. The number of benzene rings is 1. The number of nitrogens with two attached hydrogens (primary N) is 1. The van der Waals surface area contributed by atoms with Crippen molar-refractivity contribution < 1.29 is 5.11 Å². The van der Waals surface area contributed by atoms with Gasteiger partial charge in [-0.2, -0.15) is 0 Å². The van der Waals surface area contributed by atoms with Crippen molar-refractivity contribution >= 4 is 5.84 Å². The van der Waals surface area contributed by atoms with Gasteiger partial charge in [0.15, 0.2) is 0 Å². The van der Waals surface area contributed by atoms with E-state index in [0.717, 1.165) is 24.0 Å². The molecule has 3 nitrogen and oxygen atoms in total. The van der Waals surface area contributed by atoms with Gasteiger partial charge in [-0.15, -0.1) is 0 Å². The van der Waals surface area contributed by atoms with E-state index in [1.54, 1.807) is 6.07 Å². The van der Waals surface area contributed by atoms with E-state index in [9.17, 15) is 5.11 Å². The number of aromatic hydroxyl groups is 1. The van der Waals surface area contributed by atoms with E-state index in [2.05, 4.69) is 31.0 Å². The molecule has 26 heavy (non-hydrogen) atoms. The van der Waals surface area contributed by atoms with Crippen LogP contribution in [-0.4, -0.2) is 17.5 Å². The molecule has 0 aliphatic heterocycles. The monoisotopic (exact) mass is 348 g/mol. The summed E-state index contributed by atoms with van der Waals surface area (Å²) in [5.74, 6) is 0.774. The first-order chi connectivity index (χ1) is 12.6. The molecular formula is C23H28N2O. The number of hydrogen-bond acceptors (Lipinski definition) is 2. The van der Waals surface area contributed by atoms with Crippen molar-refractivity contribution in [1.82, 2.24) is 0 Å². The fourth-order valence-electron chi connectivity index (χ4n) is 2.80. The maximum Gasteiger partial charge on any atom is 0.126 e. The molecule has 2 rings (SSSR count). The summed E-state index contributed by atoms with van der Waals surface area (Å²) in [6.07, 6.45) is 2.46. The molecule has 0 radical (unpaired) electrons. The van der Waals surface area contributed by atoms with Gasteiger partial charge in [0.05, 0.1) is 0 Å². The van der Waals surface area contributed by atoms with E-state index in [1.165, 1.54) is 11.1 Å². The highest BCUT2D eigenvalue weighted by atomic mass is 16.3. The molecule has 0 spiro atoms. The Hall–Kier alpha value is -2.81. The predicted molar refractivity (Wildman–Crippen MR) is 110 cm³/mol. The molecule has 0 heterocycles. The van der Waals surface area contributed by atoms with Crippen molar-refractivity contribution in [2.45, 2.75) is 33.1 Å². The summed E-state index contributed by atoms with van der Waals surface area (Å²) < 4.78 is 0. The number of aliphatic imine (C=N–C) groups is 1. The molecule has 0 atom stereocenters. The molecule has 2 aromatic carbocycles. The van der Waals surface area contributed by atoms with Crippen LogP contribution in [0.3, 0.4) is 0 Å². The van der Waals surface area contributed by atoms with Gasteiger partial charge in [-0.3, -0.25) is 4.99 Å². The summed E-state index contributed by atoms with van der Waals surface area (Å²) in [7, 11) is 0. The second kappa shape index (κ2) is 10.2. The van der Waals surface area contributed by atoms with Crippen LogP contribution in [0, 0.1) is 6.92 Å². The molecular weight excluding hydrogens is 320 g/mol. The van der Waals surface area contributed by atoms with Gasteiger partial charge in [0.2, 0.25) is 0 Å². The highest BCUT2D eigenvalue weighted by Crippen LogP contribution is 2.23. The van der Waals surface area contributed by atoms with Crippen LogP contribution in [-0.2, 0) is 12.8 Å². The fourth-order valence-corrected chi connectivity index (χ4v) is 2.80. The summed E-state index contributed by atoms with van der Waals surface area (Å²) in [6, 6.07) is 21.8. The van der Waals surface area contributed by atoms with Gasteiger partial charge in [-0.1, -0.05) is 67.6 Å². The molecule has 0 bridgehead atoms. The molecule has 0 unspecified atom stereocenters. The van der Waals surface area contributed by atoms with Crippen LogP contribution in [0.1, 0.15) is 35.6 Å². The molecule has 0 saturated carbocycles. The Morgan fingerprint density at radius 3 is 2.35 bits per heavy atom. The average molecular weight is 348 g/mol.